The van der Waals surface area contributed by atoms with Crippen molar-refractivity contribution < 1.29 is 19.1 Å². The van der Waals surface area contributed by atoms with Crippen molar-refractivity contribution in [3.05, 3.63) is 78.4 Å². The topological polar surface area (TPSA) is 76.7 Å². The molecular weight excluding hydrogens is 380 g/mol. The van der Waals surface area contributed by atoms with Gasteiger partial charge >= 0.3 is 0 Å². The molecule has 154 valence electrons. The highest BCUT2D eigenvalue weighted by molar-refractivity contribution is 5.99. The van der Waals surface area contributed by atoms with Crippen LogP contribution in [0.3, 0.4) is 0 Å². The molecular formula is C24H24N2O4. The summed E-state index contributed by atoms with van der Waals surface area (Å²) in [6.45, 7) is 3.26. The van der Waals surface area contributed by atoms with Gasteiger partial charge in [-0.05, 0) is 62.4 Å². The predicted octanol–water partition coefficient (Wildman–Crippen LogP) is 5.13. The van der Waals surface area contributed by atoms with Crippen LogP contribution in [-0.2, 0) is 4.79 Å². The number of hydrogen-bond donors (Lipinski definition) is 2. The van der Waals surface area contributed by atoms with Crippen LogP contribution in [0.1, 0.15) is 24.2 Å². The molecule has 0 bridgehead atoms. The molecule has 0 spiro atoms. The summed E-state index contributed by atoms with van der Waals surface area (Å²) in [4.78, 5) is 24.0. The number of para-hydroxylation sites is 2. The van der Waals surface area contributed by atoms with Crippen LogP contribution >= 0.6 is 0 Å². The maximum absolute atomic E-state index is 12.5. The molecule has 0 fully saturated rings. The molecule has 0 saturated heterocycles. The van der Waals surface area contributed by atoms with Crippen molar-refractivity contribution in [1.82, 2.24) is 0 Å². The van der Waals surface area contributed by atoms with Gasteiger partial charge in [0.05, 0.1) is 7.11 Å². The second-order valence-corrected chi connectivity index (χ2v) is 6.77. The number of ether oxygens (including phenoxy) is 2. The molecule has 0 aromatic heterocycles. The zero-order chi connectivity index (χ0) is 21.5. The van der Waals surface area contributed by atoms with Gasteiger partial charge in [-0.1, -0.05) is 24.3 Å². The molecule has 1 unspecified atom stereocenters. The van der Waals surface area contributed by atoms with Crippen LogP contribution in [0.4, 0.5) is 11.4 Å². The Hall–Kier alpha value is -3.80. The first-order chi connectivity index (χ1) is 14.5. The molecule has 3 aromatic rings. The zero-order valence-electron chi connectivity index (χ0n) is 17.1. The number of nitrogens with one attached hydrogen (secondary N) is 2. The van der Waals surface area contributed by atoms with E-state index in [0.29, 0.717) is 28.5 Å². The number of benzene rings is 3. The molecule has 0 saturated carbocycles. The molecule has 0 aliphatic rings. The Kier molecular flexibility index (Phi) is 6.70. The monoisotopic (exact) mass is 404 g/mol. The smallest absolute Gasteiger partial charge is 0.246 e. The Morgan fingerprint density at radius 3 is 2.23 bits per heavy atom. The molecule has 1 atom stereocenters. The van der Waals surface area contributed by atoms with Crippen molar-refractivity contribution in [3.8, 4) is 17.2 Å². The van der Waals surface area contributed by atoms with Crippen molar-refractivity contribution in [1.29, 1.82) is 0 Å². The van der Waals surface area contributed by atoms with Gasteiger partial charge in [0.2, 0.25) is 5.91 Å². The van der Waals surface area contributed by atoms with Crippen LogP contribution in [0.2, 0.25) is 0 Å². The Labute approximate surface area is 175 Å². The lowest BCUT2D eigenvalue weighted by molar-refractivity contribution is -0.116. The quantitative estimate of drug-likeness (QED) is 0.509. The van der Waals surface area contributed by atoms with Crippen LogP contribution < -0.4 is 20.1 Å². The highest BCUT2D eigenvalue weighted by atomic mass is 16.5. The number of anilines is 2. The van der Waals surface area contributed by atoms with Gasteiger partial charge in [-0.15, -0.1) is 0 Å². The van der Waals surface area contributed by atoms with Gasteiger partial charge in [-0.3, -0.25) is 9.59 Å². The number of amides is 1. The van der Waals surface area contributed by atoms with E-state index in [1.165, 1.54) is 6.92 Å². The summed E-state index contributed by atoms with van der Waals surface area (Å²) in [5.41, 5.74) is 1.92. The molecule has 6 heteroatoms. The molecule has 3 aromatic carbocycles. The Morgan fingerprint density at radius 1 is 0.867 bits per heavy atom. The van der Waals surface area contributed by atoms with E-state index in [1.54, 1.807) is 38.3 Å². The van der Waals surface area contributed by atoms with Crippen LogP contribution in [0.25, 0.3) is 0 Å². The van der Waals surface area contributed by atoms with Crippen LogP contribution in [0.5, 0.6) is 17.2 Å². The fourth-order valence-electron chi connectivity index (χ4n) is 2.83. The fraction of sp³-hybridized carbons (Fsp3) is 0.167. The minimum atomic E-state index is -0.480. The van der Waals surface area contributed by atoms with E-state index >= 15 is 0 Å². The molecule has 0 aliphatic heterocycles. The summed E-state index contributed by atoms with van der Waals surface area (Å²) >= 11 is 0. The summed E-state index contributed by atoms with van der Waals surface area (Å²) in [6, 6.07) is 21.1. The first-order valence-corrected chi connectivity index (χ1v) is 9.55. The fourth-order valence-corrected chi connectivity index (χ4v) is 2.83. The largest absolute Gasteiger partial charge is 0.493 e. The third-order valence-electron chi connectivity index (χ3n) is 4.46. The van der Waals surface area contributed by atoms with E-state index in [-0.39, 0.29) is 11.7 Å². The van der Waals surface area contributed by atoms with Crippen molar-refractivity contribution in [2.24, 2.45) is 0 Å². The van der Waals surface area contributed by atoms with Crippen molar-refractivity contribution in [2.75, 3.05) is 17.7 Å². The highest BCUT2D eigenvalue weighted by Crippen LogP contribution is 2.31. The SMILES string of the molecule is COc1ccccc1Oc1ccc(NC(C)C(=O)Nc2cccc(C(C)=O)c2)cc1. The Morgan fingerprint density at radius 2 is 1.57 bits per heavy atom. The Balaban J connectivity index is 1.60. The van der Waals surface area contributed by atoms with Gasteiger partial charge in [0.1, 0.15) is 11.8 Å². The van der Waals surface area contributed by atoms with Crippen LogP contribution in [0, 0.1) is 0 Å². The molecule has 2 N–H and O–H groups in total. The second kappa shape index (κ2) is 9.60. The van der Waals surface area contributed by atoms with E-state index in [4.69, 9.17) is 9.47 Å². The van der Waals surface area contributed by atoms with Crippen molar-refractivity contribution in [3.63, 3.8) is 0 Å². The van der Waals surface area contributed by atoms with Gasteiger partial charge in [0, 0.05) is 16.9 Å². The standard InChI is InChI=1S/C24H24N2O4/c1-16(24(28)26-20-8-6-7-18(15-20)17(2)27)25-19-11-13-21(14-12-19)30-23-10-5-4-9-22(23)29-3/h4-16,25H,1-3H3,(H,26,28). The van der Waals surface area contributed by atoms with E-state index in [2.05, 4.69) is 10.6 Å². The zero-order valence-corrected chi connectivity index (χ0v) is 17.1. The summed E-state index contributed by atoms with van der Waals surface area (Å²) < 4.78 is 11.1. The summed E-state index contributed by atoms with van der Waals surface area (Å²) in [5.74, 6) is 1.68. The predicted molar refractivity (Wildman–Crippen MR) is 118 cm³/mol. The number of hydrogen-bond acceptors (Lipinski definition) is 5. The van der Waals surface area contributed by atoms with E-state index in [9.17, 15) is 9.59 Å². The normalized spacial score (nSPS) is 11.3. The lowest BCUT2D eigenvalue weighted by atomic mass is 10.1. The molecule has 0 heterocycles. The van der Waals surface area contributed by atoms with E-state index in [1.807, 2.05) is 48.5 Å². The first-order valence-electron chi connectivity index (χ1n) is 9.55. The van der Waals surface area contributed by atoms with Gasteiger partial charge in [0.25, 0.3) is 0 Å². The average molecular weight is 404 g/mol. The van der Waals surface area contributed by atoms with Gasteiger partial charge in [0.15, 0.2) is 17.3 Å². The summed E-state index contributed by atoms with van der Waals surface area (Å²) in [6.07, 6.45) is 0. The Bertz CT molecular complexity index is 1030. The number of methoxy groups -OCH3 is 1. The molecule has 6 nitrogen and oxygen atoms in total. The van der Waals surface area contributed by atoms with Gasteiger partial charge in [-0.2, -0.15) is 0 Å². The number of rotatable bonds is 8. The van der Waals surface area contributed by atoms with Crippen LogP contribution in [0.15, 0.2) is 72.8 Å². The first kappa shape index (κ1) is 20.9. The van der Waals surface area contributed by atoms with Gasteiger partial charge < -0.3 is 20.1 Å². The minimum absolute atomic E-state index is 0.0484. The second-order valence-electron chi connectivity index (χ2n) is 6.77. The summed E-state index contributed by atoms with van der Waals surface area (Å²) in [5, 5.41) is 5.98. The van der Waals surface area contributed by atoms with Crippen molar-refractivity contribution in [2.45, 2.75) is 19.9 Å². The number of carbonyl (C=O) groups excluding carboxylic acids is 2. The van der Waals surface area contributed by atoms with Gasteiger partial charge in [-0.25, -0.2) is 0 Å². The minimum Gasteiger partial charge on any atom is -0.493 e. The number of carbonyl (C=O) groups is 2. The lowest BCUT2D eigenvalue weighted by Gasteiger charge is -2.16. The molecule has 0 aliphatic carbocycles. The highest BCUT2D eigenvalue weighted by Gasteiger charge is 2.14. The van der Waals surface area contributed by atoms with E-state index in [0.717, 1.165) is 5.69 Å². The number of ketones is 1. The average Bonchev–Trinajstić information content (AvgIpc) is 2.75. The lowest BCUT2D eigenvalue weighted by Crippen LogP contribution is -2.31. The third-order valence-corrected chi connectivity index (χ3v) is 4.46. The van der Waals surface area contributed by atoms with E-state index < -0.39 is 6.04 Å². The molecule has 30 heavy (non-hydrogen) atoms. The maximum Gasteiger partial charge on any atom is 0.246 e. The summed E-state index contributed by atoms with van der Waals surface area (Å²) in [7, 11) is 1.60. The number of Topliss-reactive ketones (excluding diaryl/α,β-unsaturated/α-hetero) is 1. The van der Waals surface area contributed by atoms with Crippen LogP contribution in [-0.4, -0.2) is 24.8 Å². The maximum atomic E-state index is 12.5. The molecule has 1 amide bonds. The van der Waals surface area contributed by atoms with Crippen molar-refractivity contribution >= 4 is 23.1 Å². The molecule has 3 rings (SSSR count). The third kappa shape index (κ3) is 5.38. The molecule has 0 radical (unpaired) electrons.